The van der Waals surface area contributed by atoms with Gasteiger partial charge in [0, 0.05) is 24.2 Å². The van der Waals surface area contributed by atoms with Crippen LogP contribution in [0.4, 0.5) is 0 Å². The second-order valence-corrected chi connectivity index (χ2v) is 5.77. The SMILES string of the molecule is Cc1c2c([n+](C)c(=S)n1C)CCCC2.O=S(=O)([O-])O. The van der Waals surface area contributed by atoms with E-state index < -0.39 is 10.4 Å². The Kier molecular flexibility index (Phi) is 5.19. The zero-order valence-corrected chi connectivity index (χ0v) is 12.8. The highest BCUT2D eigenvalue weighted by Crippen LogP contribution is 2.20. The van der Waals surface area contributed by atoms with Crippen LogP contribution in [0, 0.1) is 11.7 Å². The van der Waals surface area contributed by atoms with Crippen LogP contribution in [0.15, 0.2) is 0 Å². The molecule has 0 aromatic carbocycles. The molecule has 0 aliphatic heterocycles. The van der Waals surface area contributed by atoms with Crippen LogP contribution >= 0.6 is 12.2 Å². The minimum absolute atomic E-state index is 0.933. The van der Waals surface area contributed by atoms with Crippen LogP contribution in [-0.2, 0) is 37.3 Å². The molecule has 19 heavy (non-hydrogen) atoms. The molecule has 0 spiro atoms. The molecule has 0 unspecified atom stereocenters. The number of hydrogen-bond acceptors (Lipinski definition) is 4. The molecule has 0 atom stereocenters. The molecule has 108 valence electrons. The molecule has 0 radical (unpaired) electrons. The first-order chi connectivity index (χ1) is 8.63. The van der Waals surface area contributed by atoms with E-state index in [1.165, 1.54) is 42.6 Å². The van der Waals surface area contributed by atoms with E-state index in [0.29, 0.717) is 0 Å². The van der Waals surface area contributed by atoms with Gasteiger partial charge in [0.25, 0.3) is 0 Å². The third-order valence-corrected chi connectivity index (χ3v) is 3.91. The number of aromatic nitrogens is 2. The lowest BCUT2D eigenvalue weighted by Gasteiger charge is -2.17. The molecule has 6 nitrogen and oxygen atoms in total. The van der Waals surface area contributed by atoms with Crippen molar-refractivity contribution in [3.05, 3.63) is 21.7 Å². The number of nitrogens with zero attached hydrogens (tertiary/aromatic N) is 2. The minimum Gasteiger partial charge on any atom is -0.726 e. The van der Waals surface area contributed by atoms with E-state index in [-0.39, 0.29) is 0 Å². The van der Waals surface area contributed by atoms with E-state index in [2.05, 4.69) is 30.2 Å². The Labute approximate surface area is 118 Å². The molecule has 1 aromatic rings. The van der Waals surface area contributed by atoms with Crippen molar-refractivity contribution >= 4 is 22.6 Å². The summed E-state index contributed by atoms with van der Waals surface area (Å²) in [6, 6.07) is 0. The molecule has 0 fully saturated rings. The molecular formula is C11H18N2O4S2. The van der Waals surface area contributed by atoms with E-state index >= 15 is 0 Å². The standard InChI is InChI=1S/C11H17N2S.H2O4S/c1-8-9-6-4-5-7-10(9)13(3)11(14)12(8)2;1-5(2,3)4/h4-7H2,1-3H3;(H2,1,2,3,4)/q+1;/p-1. The average molecular weight is 306 g/mol. The summed E-state index contributed by atoms with van der Waals surface area (Å²) in [5, 5.41) is 0. The molecule has 1 heterocycles. The average Bonchev–Trinajstić information content (AvgIpc) is 2.32. The van der Waals surface area contributed by atoms with Crippen LogP contribution in [-0.4, -0.2) is 22.1 Å². The summed E-state index contributed by atoms with van der Waals surface area (Å²) in [4.78, 5) is 0. The van der Waals surface area contributed by atoms with E-state index in [9.17, 15) is 0 Å². The molecular weight excluding hydrogens is 288 g/mol. The molecule has 8 heteroatoms. The quantitative estimate of drug-likeness (QED) is 0.331. The predicted octanol–water partition coefficient (Wildman–Crippen LogP) is 0.771. The van der Waals surface area contributed by atoms with Crippen LogP contribution in [0.3, 0.4) is 0 Å². The molecule has 1 aliphatic carbocycles. The fourth-order valence-corrected chi connectivity index (χ4v) is 2.58. The summed E-state index contributed by atoms with van der Waals surface area (Å²) in [7, 11) is -0.765. The lowest BCUT2D eigenvalue weighted by Crippen LogP contribution is -2.41. The van der Waals surface area contributed by atoms with Crippen LogP contribution in [0.1, 0.15) is 29.8 Å². The van der Waals surface area contributed by atoms with Gasteiger partial charge in [-0.25, -0.2) is 17.6 Å². The highest BCUT2D eigenvalue weighted by atomic mass is 32.3. The van der Waals surface area contributed by atoms with Gasteiger partial charge in [-0.3, -0.25) is 4.55 Å². The van der Waals surface area contributed by atoms with Crippen molar-refractivity contribution in [2.24, 2.45) is 14.1 Å². The van der Waals surface area contributed by atoms with Crippen LogP contribution < -0.4 is 4.57 Å². The summed E-state index contributed by atoms with van der Waals surface area (Å²) >= 11 is 5.39. The van der Waals surface area contributed by atoms with E-state index in [1.54, 1.807) is 0 Å². The second-order valence-electron chi connectivity index (χ2n) is 4.55. The smallest absolute Gasteiger partial charge is 0.350 e. The zero-order valence-electron chi connectivity index (χ0n) is 11.2. The van der Waals surface area contributed by atoms with Crippen molar-refractivity contribution in [1.82, 2.24) is 4.57 Å². The minimum atomic E-state index is -4.92. The van der Waals surface area contributed by atoms with Gasteiger partial charge in [0.1, 0.15) is 11.4 Å². The normalized spacial score (nSPS) is 14.4. The highest BCUT2D eigenvalue weighted by Gasteiger charge is 2.21. The van der Waals surface area contributed by atoms with Gasteiger partial charge in [-0.1, -0.05) is 0 Å². The van der Waals surface area contributed by atoms with Gasteiger partial charge < -0.3 is 4.55 Å². The van der Waals surface area contributed by atoms with E-state index in [4.69, 9.17) is 29.7 Å². The largest absolute Gasteiger partial charge is 0.726 e. The maximum absolute atomic E-state index is 8.63. The van der Waals surface area contributed by atoms with Crippen molar-refractivity contribution < 1.29 is 22.1 Å². The fraction of sp³-hybridized carbons (Fsp3) is 0.636. The number of hydrogen-bond donors (Lipinski definition) is 1. The van der Waals surface area contributed by atoms with Gasteiger partial charge >= 0.3 is 4.77 Å². The Bertz CT molecular complexity index is 627. The summed E-state index contributed by atoms with van der Waals surface area (Å²) < 4.78 is 38.1. The van der Waals surface area contributed by atoms with Crippen LogP contribution in [0.25, 0.3) is 0 Å². The Balaban J connectivity index is 0.000000312. The molecule has 2 rings (SSSR count). The van der Waals surface area contributed by atoms with Gasteiger partial charge in [-0.2, -0.15) is 0 Å². The van der Waals surface area contributed by atoms with Gasteiger partial charge in [-0.15, -0.1) is 0 Å². The molecule has 1 aliphatic rings. The van der Waals surface area contributed by atoms with Crippen LogP contribution in [0.5, 0.6) is 0 Å². The summed E-state index contributed by atoms with van der Waals surface area (Å²) in [6.07, 6.45) is 5.04. The molecule has 0 saturated carbocycles. The van der Waals surface area contributed by atoms with E-state index in [1.807, 2.05) is 0 Å². The number of rotatable bonds is 0. The molecule has 0 saturated heterocycles. The van der Waals surface area contributed by atoms with Gasteiger partial charge in [-0.05, 0) is 26.2 Å². The summed E-state index contributed by atoms with van der Waals surface area (Å²) in [6.45, 7) is 2.18. The number of fused-ring (bicyclic) bond motifs is 1. The first-order valence-electron chi connectivity index (χ1n) is 5.88. The monoisotopic (exact) mass is 306 g/mol. The summed E-state index contributed by atoms with van der Waals surface area (Å²) in [5.74, 6) is 0. The lowest BCUT2D eigenvalue weighted by molar-refractivity contribution is -0.691. The molecule has 1 N–H and O–H groups in total. The Morgan fingerprint density at radius 3 is 2.37 bits per heavy atom. The van der Waals surface area contributed by atoms with Gasteiger partial charge in [0.2, 0.25) is 10.4 Å². The molecule has 0 amide bonds. The summed E-state index contributed by atoms with van der Waals surface area (Å²) in [5.41, 5.74) is 4.33. The molecule has 0 bridgehead atoms. The third kappa shape index (κ3) is 4.34. The van der Waals surface area contributed by atoms with Crippen molar-refractivity contribution in [1.29, 1.82) is 0 Å². The third-order valence-electron chi connectivity index (χ3n) is 3.36. The Hall–Kier alpha value is -0.830. The first-order valence-corrected chi connectivity index (χ1v) is 7.66. The Morgan fingerprint density at radius 2 is 1.84 bits per heavy atom. The maximum atomic E-state index is 8.63. The van der Waals surface area contributed by atoms with Gasteiger partial charge in [0.15, 0.2) is 0 Å². The molecule has 1 aromatic heterocycles. The topological polar surface area (TPSA) is 86.2 Å². The Morgan fingerprint density at radius 1 is 1.37 bits per heavy atom. The van der Waals surface area contributed by atoms with Crippen molar-refractivity contribution in [2.75, 3.05) is 0 Å². The van der Waals surface area contributed by atoms with Crippen molar-refractivity contribution in [3.8, 4) is 0 Å². The zero-order chi connectivity index (χ0) is 14.8. The maximum Gasteiger partial charge on any atom is 0.350 e. The van der Waals surface area contributed by atoms with E-state index in [0.717, 1.165) is 4.77 Å². The van der Waals surface area contributed by atoms with Gasteiger partial charge in [0.05, 0.1) is 14.1 Å². The second kappa shape index (κ2) is 6.08. The van der Waals surface area contributed by atoms with Crippen molar-refractivity contribution in [2.45, 2.75) is 32.6 Å². The van der Waals surface area contributed by atoms with Crippen LogP contribution in [0.2, 0.25) is 0 Å². The highest BCUT2D eigenvalue weighted by molar-refractivity contribution is 7.79. The fourth-order valence-electron chi connectivity index (χ4n) is 2.34. The first kappa shape index (κ1) is 16.2. The predicted molar refractivity (Wildman–Crippen MR) is 71.1 cm³/mol. The lowest BCUT2D eigenvalue weighted by atomic mass is 9.94. The van der Waals surface area contributed by atoms with Crippen molar-refractivity contribution in [3.63, 3.8) is 0 Å².